The SMILES string of the molecule is COc1ccc(Cl)cc1-n1cnc2c(C(=O)O)cccc21. The zero-order valence-corrected chi connectivity index (χ0v) is 11.8. The number of halogens is 1. The van der Waals surface area contributed by atoms with Crippen LogP contribution in [0.3, 0.4) is 0 Å². The minimum absolute atomic E-state index is 0.159. The van der Waals surface area contributed by atoms with Gasteiger partial charge in [-0.25, -0.2) is 9.78 Å². The van der Waals surface area contributed by atoms with Crippen LogP contribution in [0.2, 0.25) is 5.02 Å². The second-order valence-corrected chi connectivity index (χ2v) is 4.85. The monoisotopic (exact) mass is 302 g/mol. The van der Waals surface area contributed by atoms with E-state index in [-0.39, 0.29) is 5.56 Å². The van der Waals surface area contributed by atoms with Crippen LogP contribution in [0.4, 0.5) is 0 Å². The highest BCUT2D eigenvalue weighted by Gasteiger charge is 2.15. The molecule has 106 valence electrons. The van der Waals surface area contributed by atoms with Crippen molar-refractivity contribution in [2.75, 3.05) is 7.11 Å². The predicted octanol–water partition coefficient (Wildman–Crippen LogP) is 3.39. The number of hydrogen-bond donors (Lipinski definition) is 1. The molecule has 1 aromatic heterocycles. The minimum Gasteiger partial charge on any atom is -0.495 e. The molecule has 0 amide bonds. The van der Waals surface area contributed by atoms with Gasteiger partial charge < -0.3 is 9.84 Å². The Labute approximate surface area is 125 Å². The van der Waals surface area contributed by atoms with Crippen LogP contribution >= 0.6 is 11.6 Å². The number of nitrogens with zero attached hydrogens (tertiary/aromatic N) is 2. The summed E-state index contributed by atoms with van der Waals surface area (Å²) >= 11 is 6.04. The molecular weight excluding hydrogens is 292 g/mol. The zero-order chi connectivity index (χ0) is 15.0. The number of methoxy groups -OCH3 is 1. The Kier molecular flexibility index (Phi) is 3.27. The number of carboxylic acid groups (broad SMARTS) is 1. The lowest BCUT2D eigenvalue weighted by Gasteiger charge is -2.10. The van der Waals surface area contributed by atoms with Gasteiger partial charge in [-0.3, -0.25) is 4.57 Å². The first kappa shape index (κ1) is 13.5. The number of hydrogen-bond acceptors (Lipinski definition) is 3. The van der Waals surface area contributed by atoms with Crippen molar-refractivity contribution in [1.82, 2.24) is 9.55 Å². The number of ether oxygens (including phenoxy) is 1. The van der Waals surface area contributed by atoms with E-state index in [9.17, 15) is 9.90 Å². The van der Waals surface area contributed by atoms with Crippen molar-refractivity contribution >= 4 is 28.6 Å². The third-order valence-electron chi connectivity index (χ3n) is 3.21. The van der Waals surface area contributed by atoms with Gasteiger partial charge in [0.1, 0.15) is 17.6 Å². The van der Waals surface area contributed by atoms with Crippen molar-refractivity contribution in [3.05, 3.63) is 53.3 Å². The maximum atomic E-state index is 11.2. The predicted molar refractivity (Wildman–Crippen MR) is 79.6 cm³/mol. The van der Waals surface area contributed by atoms with Crippen LogP contribution in [0.1, 0.15) is 10.4 Å². The zero-order valence-electron chi connectivity index (χ0n) is 11.1. The van der Waals surface area contributed by atoms with Crippen LogP contribution < -0.4 is 4.74 Å². The average Bonchev–Trinajstić information content (AvgIpc) is 2.90. The quantitative estimate of drug-likeness (QED) is 0.805. The number of fused-ring (bicyclic) bond motifs is 1. The molecule has 0 atom stereocenters. The highest BCUT2D eigenvalue weighted by molar-refractivity contribution is 6.30. The van der Waals surface area contributed by atoms with E-state index < -0.39 is 5.97 Å². The second kappa shape index (κ2) is 5.10. The Morgan fingerprint density at radius 1 is 1.33 bits per heavy atom. The Morgan fingerprint density at radius 2 is 2.14 bits per heavy atom. The molecule has 0 bridgehead atoms. The molecule has 1 N–H and O–H groups in total. The highest BCUT2D eigenvalue weighted by Crippen LogP contribution is 2.29. The fourth-order valence-corrected chi connectivity index (χ4v) is 2.42. The molecule has 0 fully saturated rings. The molecule has 0 aliphatic carbocycles. The van der Waals surface area contributed by atoms with Crippen LogP contribution in [0.25, 0.3) is 16.7 Å². The normalized spacial score (nSPS) is 10.8. The van der Waals surface area contributed by atoms with Crippen molar-refractivity contribution < 1.29 is 14.6 Å². The molecule has 5 nitrogen and oxygen atoms in total. The minimum atomic E-state index is -1.01. The first-order valence-electron chi connectivity index (χ1n) is 6.15. The van der Waals surface area contributed by atoms with E-state index >= 15 is 0 Å². The van der Waals surface area contributed by atoms with Gasteiger partial charge in [-0.15, -0.1) is 0 Å². The smallest absolute Gasteiger partial charge is 0.337 e. The summed E-state index contributed by atoms with van der Waals surface area (Å²) in [6.45, 7) is 0. The van der Waals surface area contributed by atoms with E-state index in [1.165, 1.54) is 6.07 Å². The molecular formula is C15H11ClN2O3. The fraction of sp³-hybridized carbons (Fsp3) is 0.0667. The van der Waals surface area contributed by atoms with Crippen LogP contribution in [0.15, 0.2) is 42.7 Å². The summed E-state index contributed by atoms with van der Waals surface area (Å²) in [5.74, 6) is -0.386. The van der Waals surface area contributed by atoms with E-state index in [1.807, 2.05) is 0 Å². The van der Waals surface area contributed by atoms with Crippen molar-refractivity contribution in [1.29, 1.82) is 0 Å². The third kappa shape index (κ3) is 2.21. The first-order chi connectivity index (χ1) is 10.1. The van der Waals surface area contributed by atoms with Gasteiger partial charge in [0.05, 0.1) is 23.9 Å². The van der Waals surface area contributed by atoms with Crippen molar-refractivity contribution in [3.63, 3.8) is 0 Å². The van der Waals surface area contributed by atoms with E-state index in [4.69, 9.17) is 16.3 Å². The van der Waals surface area contributed by atoms with Gasteiger partial charge in [0, 0.05) is 5.02 Å². The topological polar surface area (TPSA) is 64.4 Å². The van der Waals surface area contributed by atoms with Gasteiger partial charge in [0.15, 0.2) is 0 Å². The summed E-state index contributed by atoms with van der Waals surface area (Å²) in [5, 5.41) is 9.77. The van der Waals surface area contributed by atoms with Gasteiger partial charge in [-0.1, -0.05) is 17.7 Å². The Bertz CT molecular complexity index is 842. The van der Waals surface area contributed by atoms with Crippen molar-refractivity contribution in [3.8, 4) is 11.4 Å². The Hall–Kier alpha value is -2.53. The van der Waals surface area contributed by atoms with Crippen LogP contribution in [-0.2, 0) is 0 Å². The molecule has 0 saturated carbocycles. The van der Waals surface area contributed by atoms with Crippen molar-refractivity contribution in [2.24, 2.45) is 0 Å². The van der Waals surface area contributed by atoms with E-state index in [1.54, 1.807) is 48.3 Å². The largest absolute Gasteiger partial charge is 0.495 e. The molecule has 0 saturated heterocycles. The Balaban J connectivity index is 2.30. The summed E-state index contributed by atoms with van der Waals surface area (Å²) in [6.07, 6.45) is 1.56. The van der Waals surface area contributed by atoms with E-state index in [2.05, 4.69) is 4.98 Å². The molecule has 0 spiro atoms. The summed E-state index contributed by atoms with van der Waals surface area (Å²) in [6, 6.07) is 10.2. The third-order valence-corrected chi connectivity index (χ3v) is 3.44. The van der Waals surface area contributed by atoms with E-state index in [0.717, 1.165) is 0 Å². The molecule has 2 aromatic carbocycles. The number of aromatic carboxylic acids is 1. The number of carboxylic acids is 1. The maximum Gasteiger partial charge on any atom is 0.337 e. The first-order valence-corrected chi connectivity index (χ1v) is 6.53. The van der Waals surface area contributed by atoms with Crippen LogP contribution in [0.5, 0.6) is 5.75 Å². The lowest BCUT2D eigenvalue weighted by Crippen LogP contribution is -1.99. The van der Waals surface area contributed by atoms with Gasteiger partial charge >= 0.3 is 5.97 Å². The number of imidazole rings is 1. The number of carbonyl (C=O) groups is 1. The molecule has 1 heterocycles. The fourth-order valence-electron chi connectivity index (χ4n) is 2.26. The molecule has 0 radical (unpaired) electrons. The van der Waals surface area contributed by atoms with Gasteiger partial charge in [0.2, 0.25) is 0 Å². The second-order valence-electron chi connectivity index (χ2n) is 4.41. The standard InChI is InChI=1S/C15H11ClN2O3/c1-21-13-6-5-9(16)7-12(13)18-8-17-14-10(15(19)20)3-2-4-11(14)18/h2-8H,1H3,(H,19,20). The van der Waals surface area contributed by atoms with Crippen LogP contribution in [0, 0.1) is 0 Å². The lowest BCUT2D eigenvalue weighted by atomic mass is 10.2. The number of rotatable bonds is 3. The van der Waals surface area contributed by atoms with Gasteiger partial charge in [-0.2, -0.15) is 0 Å². The summed E-state index contributed by atoms with van der Waals surface area (Å²) in [4.78, 5) is 15.4. The highest BCUT2D eigenvalue weighted by atomic mass is 35.5. The average molecular weight is 303 g/mol. The van der Waals surface area contributed by atoms with E-state index in [0.29, 0.717) is 27.5 Å². The summed E-state index contributed by atoms with van der Waals surface area (Å²) in [5.41, 5.74) is 1.96. The molecule has 0 aliphatic heterocycles. The number of benzene rings is 2. The summed E-state index contributed by atoms with van der Waals surface area (Å²) in [7, 11) is 1.56. The van der Waals surface area contributed by atoms with Gasteiger partial charge in [-0.05, 0) is 30.3 Å². The molecule has 3 aromatic rings. The van der Waals surface area contributed by atoms with Crippen molar-refractivity contribution in [2.45, 2.75) is 0 Å². The maximum absolute atomic E-state index is 11.2. The summed E-state index contributed by atoms with van der Waals surface area (Å²) < 4.78 is 7.08. The molecule has 0 aliphatic rings. The molecule has 3 rings (SSSR count). The number of aromatic nitrogens is 2. The Morgan fingerprint density at radius 3 is 2.86 bits per heavy atom. The molecule has 21 heavy (non-hydrogen) atoms. The molecule has 0 unspecified atom stereocenters. The van der Waals surface area contributed by atoms with Gasteiger partial charge in [0.25, 0.3) is 0 Å². The lowest BCUT2D eigenvalue weighted by molar-refractivity contribution is 0.0699. The number of para-hydroxylation sites is 1. The van der Waals surface area contributed by atoms with Crippen LogP contribution in [-0.4, -0.2) is 27.7 Å². The molecule has 6 heteroatoms.